The number of nitrogens with two attached hydrogens (primary N) is 1. The van der Waals surface area contributed by atoms with E-state index in [0.29, 0.717) is 6.54 Å². The molecule has 0 amide bonds. The van der Waals surface area contributed by atoms with Crippen molar-refractivity contribution in [3.8, 4) is 0 Å². The molecule has 0 bridgehead atoms. The summed E-state index contributed by atoms with van der Waals surface area (Å²) in [6.07, 6.45) is 3.03. The van der Waals surface area contributed by atoms with Gasteiger partial charge in [0.25, 0.3) is 0 Å². The summed E-state index contributed by atoms with van der Waals surface area (Å²) >= 11 is 1.35. The number of rotatable bonds is 8. The van der Waals surface area contributed by atoms with Crippen LogP contribution in [0.5, 0.6) is 0 Å². The lowest BCUT2D eigenvalue weighted by Crippen LogP contribution is -2.09. The lowest BCUT2D eigenvalue weighted by Gasteiger charge is -2.10. The molecule has 2 rings (SSSR count). The van der Waals surface area contributed by atoms with Gasteiger partial charge < -0.3 is 15.0 Å². The number of aryl methyl sites for hydroxylation is 1. The van der Waals surface area contributed by atoms with Crippen LogP contribution in [-0.2, 0) is 22.5 Å². The maximum Gasteiger partial charge on any atom is 0.316 e. The van der Waals surface area contributed by atoms with E-state index in [0.717, 1.165) is 41.5 Å². The van der Waals surface area contributed by atoms with Crippen LogP contribution in [0.1, 0.15) is 31.2 Å². The molecule has 1 aromatic carbocycles. The summed E-state index contributed by atoms with van der Waals surface area (Å²) in [5.41, 5.74) is 7.60. The molecule has 0 aliphatic carbocycles. The molecule has 7 heteroatoms. The van der Waals surface area contributed by atoms with E-state index in [-0.39, 0.29) is 11.7 Å². The number of hydrogen-bond donors (Lipinski definition) is 1. The highest BCUT2D eigenvalue weighted by molar-refractivity contribution is 7.99. The number of anilines is 1. The molecule has 0 unspecified atom stereocenters. The lowest BCUT2D eigenvalue weighted by molar-refractivity contribution is -0.137. The molecule has 2 aromatic rings. The number of hydrogen-bond acceptors (Lipinski definition) is 6. The quantitative estimate of drug-likeness (QED) is 0.454. The fourth-order valence-corrected chi connectivity index (χ4v) is 2.88. The Morgan fingerprint density at radius 1 is 1.30 bits per heavy atom. The SMILES string of the molecule is CCCCc1nnc(SCC(=O)OC)n1Cc1ccc(N)cc1. The predicted octanol–water partition coefficient (Wildman–Crippen LogP) is 2.52. The summed E-state index contributed by atoms with van der Waals surface area (Å²) in [4.78, 5) is 11.4. The fourth-order valence-electron chi connectivity index (χ4n) is 2.09. The molecule has 0 saturated heterocycles. The molecule has 0 fully saturated rings. The first kappa shape index (κ1) is 17.3. The van der Waals surface area contributed by atoms with Crippen molar-refractivity contribution in [2.75, 3.05) is 18.6 Å². The molecule has 124 valence electrons. The second-order valence-corrected chi connectivity index (χ2v) is 6.14. The minimum atomic E-state index is -0.271. The first-order valence-electron chi connectivity index (χ1n) is 7.60. The van der Waals surface area contributed by atoms with Crippen LogP contribution >= 0.6 is 11.8 Å². The first-order valence-corrected chi connectivity index (χ1v) is 8.58. The molecular weight excluding hydrogens is 312 g/mol. The molecule has 0 radical (unpaired) electrons. The molecule has 0 spiro atoms. The minimum absolute atomic E-state index is 0.226. The van der Waals surface area contributed by atoms with E-state index in [1.165, 1.54) is 18.9 Å². The molecule has 1 heterocycles. The zero-order chi connectivity index (χ0) is 16.7. The summed E-state index contributed by atoms with van der Waals surface area (Å²) in [6.45, 7) is 2.81. The topological polar surface area (TPSA) is 83.0 Å². The predicted molar refractivity (Wildman–Crippen MR) is 91.3 cm³/mol. The summed E-state index contributed by atoms with van der Waals surface area (Å²) in [5.74, 6) is 0.896. The number of carbonyl (C=O) groups is 1. The van der Waals surface area contributed by atoms with E-state index in [4.69, 9.17) is 5.73 Å². The maximum atomic E-state index is 11.4. The van der Waals surface area contributed by atoms with Gasteiger partial charge in [-0.05, 0) is 24.1 Å². The number of esters is 1. The fraction of sp³-hybridized carbons (Fsp3) is 0.438. The number of ether oxygens (including phenoxy) is 1. The standard InChI is InChI=1S/C16H22N4O2S/c1-3-4-5-14-18-19-16(23-11-15(21)22-2)20(14)10-12-6-8-13(17)9-7-12/h6-9H,3-5,10-11,17H2,1-2H3. The first-order chi connectivity index (χ1) is 11.1. The van der Waals surface area contributed by atoms with E-state index < -0.39 is 0 Å². The van der Waals surface area contributed by atoms with E-state index in [9.17, 15) is 4.79 Å². The zero-order valence-corrected chi connectivity index (χ0v) is 14.3. The second kappa shape index (κ2) is 8.57. The molecule has 0 aliphatic heterocycles. The molecule has 6 nitrogen and oxygen atoms in total. The molecule has 1 aromatic heterocycles. The highest BCUT2D eigenvalue weighted by atomic mass is 32.2. The van der Waals surface area contributed by atoms with Gasteiger partial charge in [-0.15, -0.1) is 10.2 Å². The van der Waals surface area contributed by atoms with Gasteiger partial charge in [0.05, 0.1) is 19.4 Å². The van der Waals surface area contributed by atoms with Crippen molar-refractivity contribution in [2.45, 2.75) is 37.9 Å². The van der Waals surface area contributed by atoms with Crippen LogP contribution in [0.15, 0.2) is 29.4 Å². The van der Waals surface area contributed by atoms with Crippen molar-refractivity contribution >= 4 is 23.4 Å². The van der Waals surface area contributed by atoms with Gasteiger partial charge in [0.1, 0.15) is 5.82 Å². The smallest absolute Gasteiger partial charge is 0.316 e. The molecule has 0 atom stereocenters. The van der Waals surface area contributed by atoms with E-state index in [1.54, 1.807) is 0 Å². The number of aromatic nitrogens is 3. The van der Waals surface area contributed by atoms with Gasteiger partial charge in [-0.25, -0.2) is 0 Å². The Kier molecular flexibility index (Phi) is 6.46. The van der Waals surface area contributed by atoms with Gasteiger partial charge in [0, 0.05) is 12.1 Å². The number of benzene rings is 1. The summed E-state index contributed by atoms with van der Waals surface area (Å²) in [6, 6.07) is 7.75. The van der Waals surface area contributed by atoms with Gasteiger partial charge in [0.15, 0.2) is 5.16 Å². The molecule has 0 saturated carbocycles. The Labute approximate surface area is 140 Å². The Hall–Kier alpha value is -2.02. The van der Waals surface area contributed by atoms with Crippen molar-refractivity contribution in [3.05, 3.63) is 35.7 Å². The van der Waals surface area contributed by atoms with Crippen LogP contribution in [0.2, 0.25) is 0 Å². The average molecular weight is 334 g/mol. The van der Waals surface area contributed by atoms with Gasteiger partial charge in [-0.1, -0.05) is 37.2 Å². The van der Waals surface area contributed by atoms with Crippen LogP contribution in [0.3, 0.4) is 0 Å². The second-order valence-electron chi connectivity index (χ2n) is 5.19. The van der Waals surface area contributed by atoms with Crippen LogP contribution in [0, 0.1) is 0 Å². The van der Waals surface area contributed by atoms with Gasteiger partial charge >= 0.3 is 5.97 Å². The normalized spacial score (nSPS) is 10.7. The molecule has 23 heavy (non-hydrogen) atoms. The van der Waals surface area contributed by atoms with Crippen molar-refractivity contribution in [2.24, 2.45) is 0 Å². The largest absolute Gasteiger partial charge is 0.468 e. The van der Waals surface area contributed by atoms with Gasteiger partial charge in [-0.2, -0.15) is 0 Å². The number of nitrogen functional groups attached to an aromatic ring is 1. The zero-order valence-electron chi connectivity index (χ0n) is 13.5. The number of carbonyl (C=O) groups excluding carboxylic acids is 1. The van der Waals surface area contributed by atoms with Crippen molar-refractivity contribution in [1.29, 1.82) is 0 Å². The van der Waals surface area contributed by atoms with E-state index in [1.807, 2.05) is 24.3 Å². The summed E-state index contributed by atoms with van der Waals surface area (Å²) in [7, 11) is 1.38. The Bertz CT molecular complexity index is 640. The monoisotopic (exact) mass is 334 g/mol. The highest BCUT2D eigenvalue weighted by Crippen LogP contribution is 2.20. The van der Waals surface area contributed by atoms with Crippen molar-refractivity contribution in [3.63, 3.8) is 0 Å². The number of thioether (sulfide) groups is 1. The highest BCUT2D eigenvalue weighted by Gasteiger charge is 2.14. The summed E-state index contributed by atoms with van der Waals surface area (Å²) < 4.78 is 6.75. The van der Waals surface area contributed by atoms with Crippen LogP contribution < -0.4 is 5.73 Å². The van der Waals surface area contributed by atoms with E-state index in [2.05, 4.69) is 26.4 Å². The van der Waals surface area contributed by atoms with Crippen LogP contribution in [-0.4, -0.2) is 33.6 Å². The molecule has 0 aliphatic rings. The Balaban J connectivity index is 2.19. The van der Waals surface area contributed by atoms with Crippen molar-refractivity contribution < 1.29 is 9.53 Å². The number of methoxy groups -OCH3 is 1. The number of unbranched alkanes of at least 4 members (excludes halogenated alkanes) is 1. The number of nitrogens with zero attached hydrogens (tertiary/aromatic N) is 3. The third kappa shape index (κ3) is 4.99. The van der Waals surface area contributed by atoms with Crippen LogP contribution in [0.4, 0.5) is 5.69 Å². The van der Waals surface area contributed by atoms with E-state index >= 15 is 0 Å². The summed E-state index contributed by atoms with van der Waals surface area (Å²) in [5, 5.41) is 9.25. The van der Waals surface area contributed by atoms with Crippen molar-refractivity contribution in [1.82, 2.24) is 14.8 Å². The lowest BCUT2D eigenvalue weighted by atomic mass is 10.2. The third-order valence-corrected chi connectivity index (χ3v) is 4.35. The maximum absolute atomic E-state index is 11.4. The molecular formula is C16H22N4O2S. The minimum Gasteiger partial charge on any atom is -0.468 e. The molecule has 2 N–H and O–H groups in total. The van der Waals surface area contributed by atoms with Gasteiger partial charge in [-0.3, -0.25) is 4.79 Å². The Morgan fingerprint density at radius 2 is 2.04 bits per heavy atom. The third-order valence-electron chi connectivity index (χ3n) is 3.41. The Morgan fingerprint density at radius 3 is 2.70 bits per heavy atom. The average Bonchev–Trinajstić information content (AvgIpc) is 2.94. The van der Waals surface area contributed by atoms with Gasteiger partial charge in [0.2, 0.25) is 0 Å². The van der Waals surface area contributed by atoms with Crippen LogP contribution in [0.25, 0.3) is 0 Å².